The third kappa shape index (κ3) is 4.77. The van der Waals surface area contributed by atoms with Crippen LogP contribution in [0.2, 0.25) is 0 Å². The number of imide groups is 1. The van der Waals surface area contributed by atoms with E-state index in [-0.39, 0.29) is 36.0 Å². The standard InChI is InChI=1S/C15H19N3O3S/c1-11-3-2-4-12(9-11)5-6-16-14(20)17-7-8-18-13(19)10-22-15(18)21/h2-4,9H,5-8,10H2,1H3,(H2,16,17,20). The first kappa shape index (κ1) is 16.4. The number of hydrogen-bond donors (Lipinski definition) is 2. The van der Waals surface area contributed by atoms with E-state index in [1.54, 1.807) is 0 Å². The molecule has 1 heterocycles. The molecule has 0 unspecified atom stereocenters. The maximum Gasteiger partial charge on any atom is 0.314 e. The predicted molar refractivity (Wildman–Crippen MR) is 85.9 cm³/mol. The minimum Gasteiger partial charge on any atom is -0.338 e. The van der Waals surface area contributed by atoms with E-state index in [0.717, 1.165) is 23.1 Å². The molecule has 4 amide bonds. The SMILES string of the molecule is Cc1cccc(CCNC(=O)NCCN2C(=O)CSC2=O)c1. The summed E-state index contributed by atoms with van der Waals surface area (Å²) in [7, 11) is 0. The maximum absolute atomic E-state index is 11.6. The molecule has 6 nitrogen and oxygen atoms in total. The second-order valence-corrected chi connectivity index (χ2v) is 5.95. The fourth-order valence-corrected chi connectivity index (χ4v) is 2.88. The molecule has 1 saturated heterocycles. The second-order valence-electron chi connectivity index (χ2n) is 5.02. The van der Waals surface area contributed by atoms with Gasteiger partial charge < -0.3 is 10.6 Å². The monoisotopic (exact) mass is 321 g/mol. The van der Waals surface area contributed by atoms with E-state index in [0.29, 0.717) is 6.54 Å². The lowest BCUT2D eigenvalue weighted by atomic mass is 10.1. The van der Waals surface area contributed by atoms with Crippen molar-refractivity contribution in [3.63, 3.8) is 0 Å². The van der Waals surface area contributed by atoms with Crippen LogP contribution in [-0.4, -0.2) is 47.5 Å². The smallest absolute Gasteiger partial charge is 0.314 e. The Morgan fingerprint density at radius 1 is 1.27 bits per heavy atom. The molecule has 1 aliphatic rings. The highest BCUT2D eigenvalue weighted by Crippen LogP contribution is 2.17. The molecule has 1 aromatic rings. The lowest BCUT2D eigenvalue weighted by molar-refractivity contribution is -0.124. The Labute approximate surface area is 133 Å². The zero-order valence-corrected chi connectivity index (χ0v) is 13.2. The van der Waals surface area contributed by atoms with E-state index >= 15 is 0 Å². The highest BCUT2D eigenvalue weighted by atomic mass is 32.2. The van der Waals surface area contributed by atoms with E-state index in [4.69, 9.17) is 0 Å². The average molecular weight is 321 g/mol. The Bertz CT molecular complexity index is 561. The van der Waals surface area contributed by atoms with Gasteiger partial charge in [-0.25, -0.2) is 4.79 Å². The van der Waals surface area contributed by atoms with Crippen molar-refractivity contribution in [1.82, 2.24) is 15.5 Å². The van der Waals surface area contributed by atoms with Gasteiger partial charge in [0.25, 0.3) is 5.24 Å². The number of benzene rings is 1. The van der Waals surface area contributed by atoms with Crippen molar-refractivity contribution in [3.05, 3.63) is 35.4 Å². The molecule has 1 aromatic carbocycles. The summed E-state index contributed by atoms with van der Waals surface area (Å²) in [4.78, 5) is 35.5. The highest BCUT2D eigenvalue weighted by Gasteiger charge is 2.29. The van der Waals surface area contributed by atoms with Crippen LogP contribution in [0.1, 0.15) is 11.1 Å². The molecule has 0 bridgehead atoms. The van der Waals surface area contributed by atoms with Crippen LogP contribution in [0.25, 0.3) is 0 Å². The van der Waals surface area contributed by atoms with E-state index in [9.17, 15) is 14.4 Å². The summed E-state index contributed by atoms with van der Waals surface area (Å²) >= 11 is 0.994. The number of nitrogens with one attached hydrogen (secondary N) is 2. The first-order chi connectivity index (χ1) is 10.6. The van der Waals surface area contributed by atoms with E-state index in [1.165, 1.54) is 11.1 Å². The van der Waals surface area contributed by atoms with Crippen LogP contribution >= 0.6 is 11.8 Å². The minimum atomic E-state index is -0.292. The molecule has 2 rings (SSSR count). The lowest BCUT2D eigenvalue weighted by Gasteiger charge is -2.13. The number of nitrogens with zero attached hydrogens (tertiary/aromatic N) is 1. The minimum absolute atomic E-state index is 0.196. The predicted octanol–water partition coefficient (Wildman–Crippen LogP) is 1.53. The Hall–Kier alpha value is -2.02. The molecule has 1 aliphatic heterocycles. The van der Waals surface area contributed by atoms with Gasteiger partial charge in [0.2, 0.25) is 5.91 Å². The molecule has 1 fully saturated rings. The van der Waals surface area contributed by atoms with Gasteiger partial charge in [0.1, 0.15) is 0 Å². The highest BCUT2D eigenvalue weighted by molar-refractivity contribution is 8.14. The number of amides is 4. The summed E-state index contributed by atoms with van der Waals surface area (Å²) in [5, 5.41) is 5.15. The molecule has 0 aromatic heterocycles. The molecular weight excluding hydrogens is 302 g/mol. The molecule has 0 atom stereocenters. The maximum atomic E-state index is 11.6. The molecule has 22 heavy (non-hydrogen) atoms. The summed E-state index contributed by atoms with van der Waals surface area (Å²) in [5.74, 6) is -0.00159. The molecule has 0 spiro atoms. The van der Waals surface area contributed by atoms with Gasteiger partial charge in [-0.3, -0.25) is 14.5 Å². The molecule has 0 saturated carbocycles. The van der Waals surface area contributed by atoms with Gasteiger partial charge in [0.15, 0.2) is 0 Å². The Balaban J connectivity index is 1.62. The number of rotatable bonds is 6. The van der Waals surface area contributed by atoms with Crippen LogP contribution in [0, 0.1) is 6.92 Å². The van der Waals surface area contributed by atoms with Crippen molar-refractivity contribution in [1.29, 1.82) is 0 Å². The third-order valence-electron chi connectivity index (χ3n) is 3.24. The second kappa shape index (κ2) is 7.84. The first-order valence-electron chi connectivity index (χ1n) is 7.10. The van der Waals surface area contributed by atoms with E-state index in [2.05, 4.69) is 16.7 Å². The number of aryl methyl sites for hydroxylation is 1. The van der Waals surface area contributed by atoms with Crippen molar-refractivity contribution < 1.29 is 14.4 Å². The molecule has 7 heteroatoms. The first-order valence-corrected chi connectivity index (χ1v) is 8.09. The van der Waals surface area contributed by atoms with Gasteiger partial charge in [-0.15, -0.1) is 0 Å². The van der Waals surface area contributed by atoms with Crippen LogP contribution in [0.15, 0.2) is 24.3 Å². The molecule has 118 valence electrons. The van der Waals surface area contributed by atoms with Gasteiger partial charge in [0, 0.05) is 19.6 Å². The number of carbonyl (C=O) groups is 3. The van der Waals surface area contributed by atoms with Crippen LogP contribution in [0.4, 0.5) is 9.59 Å². The summed E-state index contributed by atoms with van der Waals surface area (Å²) in [6.07, 6.45) is 0.759. The average Bonchev–Trinajstić information content (AvgIpc) is 2.79. The molecule has 0 radical (unpaired) electrons. The normalized spacial score (nSPS) is 14.3. The number of carbonyl (C=O) groups excluding carboxylic acids is 3. The van der Waals surface area contributed by atoms with E-state index in [1.807, 2.05) is 25.1 Å². The summed E-state index contributed by atoms with van der Waals surface area (Å²) in [5.41, 5.74) is 2.37. The van der Waals surface area contributed by atoms with Crippen molar-refractivity contribution in [2.45, 2.75) is 13.3 Å². The van der Waals surface area contributed by atoms with Crippen molar-refractivity contribution in [2.75, 3.05) is 25.4 Å². The van der Waals surface area contributed by atoms with Gasteiger partial charge in [0.05, 0.1) is 5.75 Å². The van der Waals surface area contributed by atoms with Gasteiger partial charge in [-0.2, -0.15) is 0 Å². The van der Waals surface area contributed by atoms with Crippen LogP contribution in [-0.2, 0) is 11.2 Å². The Kier molecular flexibility index (Phi) is 5.83. The van der Waals surface area contributed by atoms with Crippen LogP contribution < -0.4 is 10.6 Å². The summed E-state index contributed by atoms with van der Waals surface area (Å²) < 4.78 is 0. The largest absolute Gasteiger partial charge is 0.338 e. The number of thioether (sulfide) groups is 1. The quantitative estimate of drug-likeness (QED) is 0.833. The number of hydrogen-bond acceptors (Lipinski definition) is 4. The number of urea groups is 1. The topological polar surface area (TPSA) is 78.5 Å². The van der Waals surface area contributed by atoms with Gasteiger partial charge in [-0.05, 0) is 18.9 Å². The fourth-order valence-electron chi connectivity index (χ4n) is 2.13. The van der Waals surface area contributed by atoms with Crippen LogP contribution in [0.3, 0.4) is 0 Å². The van der Waals surface area contributed by atoms with Crippen molar-refractivity contribution in [3.8, 4) is 0 Å². The van der Waals surface area contributed by atoms with Gasteiger partial charge in [-0.1, -0.05) is 41.6 Å². The van der Waals surface area contributed by atoms with E-state index < -0.39 is 0 Å². The fraction of sp³-hybridized carbons (Fsp3) is 0.400. The summed E-state index contributed by atoms with van der Waals surface area (Å²) in [6.45, 7) is 3.04. The summed E-state index contributed by atoms with van der Waals surface area (Å²) in [6, 6.07) is 7.84. The lowest BCUT2D eigenvalue weighted by Crippen LogP contribution is -2.42. The zero-order valence-electron chi connectivity index (χ0n) is 12.4. The third-order valence-corrected chi connectivity index (χ3v) is 4.10. The Morgan fingerprint density at radius 2 is 2.05 bits per heavy atom. The Morgan fingerprint density at radius 3 is 2.73 bits per heavy atom. The van der Waals surface area contributed by atoms with Crippen LogP contribution in [0.5, 0.6) is 0 Å². The van der Waals surface area contributed by atoms with Crippen molar-refractivity contribution >= 4 is 28.9 Å². The molecule has 2 N–H and O–H groups in total. The molecular formula is C15H19N3O3S. The molecule has 0 aliphatic carbocycles. The van der Waals surface area contributed by atoms with Gasteiger partial charge >= 0.3 is 6.03 Å². The van der Waals surface area contributed by atoms with Crippen molar-refractivity contribution in [2.24, 2.45) is 0 Å². The zero-order chi connectivity index (χ0) is 15.9.